The SMILES string of the molecule is Clc1nc(-c2ccc(I)cc2)cs1. The lowest BCUT2D eigenvalue weighted by Gasteiger charge is -1.95. The maximum atomic E-state index is 5.75. The molecule has 1 heterocycles. The van der Waals surface area contributed by atoms with E-state index >= 15 is 0 Å². The molecule has 0 saturated heterocycles. The average molecular weight is 322 g/mol. The monoisotopic (exact) mass is 321 g/mol. The van der Waals surface area contributed by atoms with Crippen molar-refractivity contribution < 1.29 is 0 Å². The molecule has 1 nitrogen and oxygen atoms in total. The molecule has 0 fully saturated rings. The van der Waals surface area contributed by atoms with Crippen LogP contribution in [0.15, 0.2) is 29.6 Å². The fraction of sp³-hybridized carbons (Fsp3) is 0. The van der Waals surface area contributed by atoms with E-state index in [-0.39, 0.29) is 0 Å². The van der Waals surface area contributed by atoms with E-state index in [9.17, 15) is 0 Å². The Morgan fingerprint density at radius 1 is 1.23 bits per heavy atom. The van der Waals surface area contributed by atoms with E-state index in [4.69, 9.17) is 11.6 Å². The molecule has 0 aliphatic heterocycles. The van der Waals surface area contributed by atoms with Crippen LogP contribution in [-0.4, -0.2) is 4.98 Å². The molecule has 0 spiro atoms. The van der Waals surface area contributed by atoms with Crippen LogP contribution < -0.4 is 0 Å². The second kappa shape index (κ2) is 3.94. The number of nitrogens with zero attached hydrogens (tertiary/aromatic N) is 1. The number of rotatable bonds is 1. The Kier molecular flexibility index (Phi) is 2.86. The molecule has 0 bridgehead atoms. The highest BCUT2D eigenvalue weighted by atomic mass is 127. The van der Waals surface area contributed by atoms with Gasteiger partial charge in [-0.3, -0.25) is 0 Å². The molecule has 0 amide bonds. The van der Waals surface area contributed by atoms with Crippen molar-refractivity contribution in [1.29, 1.82) is 0 Å². The van der Waals surface area contributed by atoms with Crippen LogP contribution >= 0.6 is 45.5 Å². The van der Waals surface area contributed by atoms with Gasteiger partial charge in [0.2, 0.25) is 0 Å². The molecule has 0 saturated carbocycles. The topological polar surface area (TPSA) is 12.9 Å². The highest BCUT2D eigenvalue weighted by Gasteiger charge is 2.01. The lowest BCUT2D eigenvalue weighted by atomic mass is 10.2. The van der Waals surface area contributed by atoms with Crippen molar-refractivity contribution in [2.75, 3.05) is 0 Å². The Morgan fingerprint density at radius 2 is 1.92 bits per heavy atom. The molecule has 2 aromatic rings. The first kappa shape index (κ1) is 9.43. The Hall–Kier alpha value is -0.130. The predicted molar refractivity (Wildman–Crippen MR) is 65.3 cm³/mol. The van der Waals surface area contributed by atoms with E-state index in [0.717, 1.165) is 11.3 Å². The van der Waals surface area contributed by atoms with Crippen LogP contribution in [0.1, 0.15) is 0 Å². The van der Waals surface area contributed by atoms with Crippen LogP contribution in [0.5, 0.6) is 0 Å². The van der Waals surface area contributed by atoms with Crippen molar-refractivity contribution in [3.05, 3.63) is 37.7 Å². The Labute approximate surface area is 98.9 Å². The van der Waals surface area contributed by atoms with Gasteiger partial charge in [0.05, 0.1) is 5.69 Å². The minimum Gasteiger partial charge on any atom is -0.225 e. The smallest absolute Gasteiger partial charge is 0.184 e. The summed E-state index contributed by atoms with van der Waals surface area (Å²) in [4.78, 5) is 4.19. The molecule has 66 valence electrons. The van der Waals surface area contributed by atoms with Gasteiger partial charge < -0.3 is 0 Å². The number of aromatic nitrogens is 1. The number of benzene rings is 1. The van der Waals surface area contributed by atoms with Crippen LogP contribution in [0, 0.1) is 3.57 Å². The molecule has 13 heavy (non-hydrogen) atoms. The maximum Gasteiger partial charge on any atom is 0.184 e. The number of hydrogen-bond donors (Lipinski definition) is 0. The molecular formula is C9H5ClINS. The maximum absolute atomic E-state index is 5.75. The Morgan fingerprint density at radius 3 is 2.46 bits per heavy atom. The summed E-state index contributed by atoms with van der Waals surface area (Å²) >= 11 is 9.48. The summed E-state index contributed by atoms with van der Waals surface area (Å²) < 4.78 is 1.82. The van der Waals surface area contributed by atoms with E-state index in [2.05, 4.69) is 39.7 Å². The highest BCUT2D eigenvalue weighted by molar-refractivity contribution is 14.1. The first-order chi connectivity index (χ1) is 6.25. The standard InChI is InChI=1S/C9H5ClINS/c10-9-12-8(5-13-9)6-1-3-7(11)4-2-6/h1-5H. The fourth-order valence-corrected chi connectivity index (χ4v) is 2.14. The van der Waals surface area contributed by atoms with Gasteiger partial charge in [0, 0.05) is 14.5 Å². The van der Waals surface area contributed by atoms with Crippen LogP contribution in [0.3, 0.4) is 0 Å². The van der Waals surface area contributed by atoms with E-state index in [1.165, 1.54) is 14.9 Å². The molecule has 0 radical (unpaired) electrons. The van der Waals surface area contributed by atoms with Gasteiger partial charge in [0.25, 0.3) is 0 Å². The van der Waals surface area contributed by atoms with Gasteiger partial charge in [0.15, 0.2) is 4.47 Å². The van der Waals surface area contributed by atoms with Gasteiger partial charge in [-0.25, -0.2) is 4.98 Å². The van der Waals surface area contributed by atoms with E-state index in [1.807, 2.05) is 17.5 Å². The summed E-state index contributed by atoms with van der Waals surface area (Å²) in [6.07, 6.45) is 0. The van der Waals surface area contributed by atoms with Gasteiger partial charge in [-0.1, -0.05) is 23.7 Å². The van der Waals surface area contributed by atoms with Crippen LogP contribution in [0.4, 0.5) is 0 Å². The van der Waals surface area contributed by atoms with Crippen molar-refractivity contribution in [3.63, 3.8) is 0 Å². The second-order valence-corrected chi connectivity index (χ2v) is 5.18. The molecular weight excluding hydrogens is 317 g/mol. The number of thiazole rings is 1. The van der Waals surface area contributed by atoms with Crippen molar-refractivity contribution in [1.82, 2.24) is 4.98 Å². The fourth-order valence-electron chi connectivity index (χ4n) is 1.01. The van der Waals surface area contributed by atoms with Gasteiger partial charge in [-0.15, -0.1) is 11.3 Å². The average Bonchev–Trinajstić information content (AvgIpc) is 2.53. The van der Waals surface area contributed by atoms with Crippen LogP contribution in [0.25, 0.3) is 11.3 Å². The van der Waals surface area contributed by atoms with Gasteiger partial charge in [0.1, 0.15) is 0 Å². The summed E-state index contributed by atoms with van der Waals surface area (Å²) in [6.45, 7) is 0. The zero-order chi connectivity index (χ0) is 9.26. The third kappa shape index (κ3) is 2.21. The lowest BCUT2D eigenvalue weighted by molar-refractivity contribution is 1.41. The number of halogens is 2. The van der Waals surface area contributed by atoms with Crippen LogP contribution in [-0.2, 0) is 0 Å². The first-order valence-electron chi connectivity index (χ1n) is 3.63. The summed E-state index contributed by atoms with van der Waals surface area (Å²) in [5.41, 5.74) is 2.06. The molecule has 0 N–H and O–H groups in total. The first-order valence-corrected chi connectivity index (χ1v) is 5.96. The minimum atomic E-state index is 0.591. The number of hydrogen-bond acceptors (Lipinski definition) is 2. The molecule has 1 aromatic carbocycles. The minimum absolute atomic E-state index is 0.591. The largest absolute Gasteiger partial charge is 0.225 e. The van der Waals surface area contributed by atoms with Crippen molar-refractivity contribution in [3.8, 4) is 11.3 Å². The molecule has 0 aliphatic rings. The van der Waals surface area contributed by atoms with Crippen molar-refractivity contribution in [2.24, 2.45) is 0 Å². The van der Waals surface area contributed by atoms with E-state index < -0.39 is 0 Å². The second-order valence-electron chi connectivity index (χ2n) is 2.49. The zero-order valence-electron chi connectivity index (χ0n) is 6.50. The molecule has 0 atom stereocenters. The molecule has 2 rings (SSSR count). The van der Waals surface area contributed by atoms with Crippen molar-refractivity contribution in [2.45, 2.75) is 0 Å². The normalized spacial score (nSPS) is 10.3. The lowest BCUT2D eigenvalue weighted by Crippen LogP contribution is -1.77. The summed E-state index contributed by atoms with van der Waals surface area (Å²) in [5, 5.41) is 1.96. The predicted octanol–water partition coefficient (Wildman–Crippen LogP) is 4.07. The Bertz CT molecular complexity index is 410. The Balaban J connectivity index is 2.41. The molecule has 0 aliphatic carbocycles. The van der Waals surface area contributed by atoms with Gasteiger partial charge in [-0.05, 0) is 34.7 Å². The van der Waals surface area contributed by atoms with E-state index in [1.54, 1.807) is 0 Å². The van der Waals surface area contributed by atoms with Crippen LogP contribution in [0.2, 0.25) is 4.47 Å². The van der Waals surface area contributed by atoms with Gasteiger partial charge >= 0.3 is 0 Å². The molecule has 0 unspecified atom stereocenters. The third-order valence-corrected chi connectivity index (χ3v) is 3.31. The van der Waals surface area contributed by atoms with Crippen molar-refractivity contribution >= 4 is 45.5 Å². The summed E-state index contributed by atoms with van der Waals surface area (Å²) in [7, 11) is 0. The highest BCUT2D eigenvalue weighted by Crippen LogP contribution is 2.24. The summed E-state index contributed by atoms with van der Waals surface area (Å²) in [6, 6.07) is 8.21. The quantitative estimate of drug-likeness (QED) is 0.722. The zero-order valence-corrected chi connectivity index (χ0v) is 10.2. The van der Waals surface area contributed by atoms with E-state index in [0.29, 0.717) is 4.47 Å². The third-order valence-electron chi connectivity index (χ3n) is 1.62. The molecule has 1 aromatic heterocycles. The molecule has 4 heteroatoms. The summed E-state index contributed by atoms with van der Waals surface area (Å²) in [5.74, 6) is 0. The van der Waals surface area contributed by atoms with Gasteiger partial charge in [-0.2, -0.15) is 0 Å².